The Kier molecular flexibility index (Phi) is 3.99. The Hall–Kier alpha value is -2.21. The molecule has 0 aromatic heterocycles. The van der Waals surface area contributed by atoms with Gasteiger partial charge in [0.15, 0.2) is 6.61 Å². The molecule has 1 rings (SSSR count). The third-order valence-corrected chi connectivity index (χ3v) is 1.59. The molecule has 0 saturated carbocycles. The summed E-state index contributed by atoms with van der Waals surface area (Å²) in [5.74, 6) is 2.57. The molecule has 0 N–H and O–H groups in total. The Morgan fingerprint density at radius 1 is 1.47 bits per heavy atom. The quantitative estimate of drug-likeness (QED) is 0.429. The minimum atomic E-state index is -0.806. The highest BCUT2D eigenvalue weighted by Crippen LogP contribution is 2.13. The van der Waals surface area contributed by atoms with E-state index in [4.69, 9.17) is 11.2 Å². The Balaban J connectivity index is 2.54. The summed E-state index contributed by atoms with van der Waals surface area (Å²) < 4.78 is 9.36. The predicted octanol–water partition coefficient (Wildman–Crippen LogP) is 2.48. The van der Waals surface area contributed by atoms with Crippen LogP contribution in [0.5, 0.6) is 5.75 Å². The third-order valence-electron chi connectivity index (χ3n) is 1.59. The molecule has 0 radical (unpaired) electrons. The van der Waals surface area contributed by atoms with Crippen molar-refractivity contribution < 1.29 is 14.3 Å². The van der Waals surface area contributed by atoms with Crippen LogP contribution in [0.1, 0.15) is 5.56 Å². The molecule has 0 aliphatic rings. The minimum absolute atomic E-state index is 0.0937. The maximum Gasteiger partial charge on any atom is 0.514 e. The normalized spacial score (nSPS) is 8.73. The molecule has 0 unspecified atom stereocenters. The molecule has 3 nitrogen and oxygen atoms in total. The van der Waals surface area contributed by atoms with E-state index in [1.807, 2.05) is 0 Å². The van der Waals surface area contributed by atoms with Crippen LogP contribution >= 0.6 is 0 Å². The second-order valence-electron chi connectivity index (χ2n) is 2.62. The van der Waals surface area contributed by atoms with E-state index in [1.165, 1.54) is 0 Å². The van der Waals surface area contributed by atoms with Gasteiger partial charge in [-0.25, -0.2) is 4.79 Å². The van der Waals surface area contributed by atoms with Gasteiger partial charge in [-0.2, -0.15) is 0 Å². The average molecular weight is 202 g/mol. The maximum atomic E-state index is 11.0. The summed E-state index contributed by atoms with van der Waals surface area (Å²) in [4.78, 5) is 11.0. The molecule has 3 heteroatoms. The van der Waals surface area contributed by atoms with Crippen LogP contribution in [0.2, 0.25) is 0 Å². The molecule has 1 aromatic carbocycles. The monoisotopic (exact) mass is 202 g/mol. The maximum absolute atomic E-state index is 11.0. The van der Waals surface area contributed by atoms with Gasteiger partial charge in [0, 0.05) is 0 Å². The van der Waals surface area contributed by atoms with Crippen molar-refractivity contribution in [1.29, 1.82) is 0 Å². The Morgan fingerprint density at radius 3 is 2.67 bits per heavy atom. The first kappa shape index (κ1) is 10.9. The fourth-order valence-corrected chi connectivity index (χ4v) is 0.898. The van der Waals surface area contributed by atoms with Crippen LogP contribution in [0.4, 0.5) is 4.79 Å². The molecule has 0 aliphatic carbocycles. The Labute approximate surface area is 88.3 Å². The van der Waals surface area contributed by atoms with Gasteiger partial charge < -0.3 is 9.47 Å². The molecule has 0 amide bonds. The van der Waals surface area contributed by atoms with Crippen molar-refractivity contribution in [2.75, 3.05) is 6.61 Å². The molecular formula is C12H10O3. The summed E-state index contributed by atoms with van der Waals surface area (Å²) in [6, 6.07) is 6.84. The second kappa shape index (κ2) is 5.51. The van der Waals surface area contributed by atoms with E-state index >= 15 is 0 Å². The van der Waals surface area contributed by atoms with Crippen molar-refractivity contribution in [3.63, 3.8) is 0 Å². The second-order valence-corrected chi connectivity index (χ2v) is 2.62. The first-order valence-electron chi connectivity index (χ1n) is 4.27. The van der Waals surface area contributed by atoms with Crippen LogP contribution in [0.15, 0.2) is 30.8 Å². The van der Waals surface area contributed by atoms with E-state index in [0.717, 1.165) is 5.56 Å². The molecule has 0 heterocycles. The SMILES string of the molecule is C#CCOC(=O)Oc1ccc(C=C)cc1. The number of hydrogen-bond acceptors (Lipinski definition) is 3. The van der Waals surface area contributed by atoms with Crippen molar-refractivity contribution in [2.45, 2.75) is 0 Å². The van der Waals surface area contributed by atoms with E-state index in [1.54, 1.807) is 30.3 Å². The van der Waals surface area contributed by atoms with E-state index in [0.29, 0.717) is 5.75 Å². The van der Waals surface area contributed by atoms with Gasteiger partial charge in [0.25, 0.3) is 0 Å². The lowest BCUT2D eigenvalue weighted by atomic mass is 10.2. The zero-order valence-corrected chi connectivity index (χ0v) is 8.10. The molecule has 0 saturated heterocycles. The van der Waals surface area contributed by atoms with Crippen molar-refractivity contribution in [3.05, 3.63) is 36.4 Å². The predicted molar refractivity (Wildman–Crippen MR) is 57.3 cm³/mol. The van der Waals surface area contributed by atoms with Crippen LogP contribution in [0, 0.1) is 12.3 Å². The number of carbonyl (C=O) groups excluding carboxylic acids is 1. The lowest BCUT2D eigenvalue weighted by Crippen LogP contribution is -2.10. The van der Waals surface area contributed by atoms with E-state index in [2.05, 4.69) is 17.2 Å². The summed E-state index contributed by atoms with van der Waals surface area (Å²) >= 11 is 0. The number of hydrogen-bond donors (Lipinski definition) is 0. The van der Waals surface area contributed by atoms with Crippen molar-refractivity contribution >= 4 is 12.2 Å². The molecule has 1 aromatic rings. The smallest absolute Gasteiger partial charge is 0.421 e. The van der Waals surface area contributed by atoms with Crippen LogP contribution < -0.4 is 4.74 Å². The fraction of sp³-hybridized carbons (Fsp3) is 0.0833. The van der Waals surface area contributed by atoms with Gasteiger partial charge in [0.05, 0.1) is 0 Å². The molecule has 76 valence electrons. The summed E-state index contributed by atoms with van der Waals surface area (Å²) in [5, 5.41) is 0. The first-order valence-corrected chi connectivity index (χ1v) is 4.27. The van der Waals surface area contributed by atoms with Crippen LogP contribution in [0.25, 0.3) is 6.08 Å². The summed E-state index contributed by atoms with van der Waals surface area (Å²) in [5.41, 5.74) is 0.944. The lowest BCUT2D eigenvalue weighted by Gasteiger charge is -2.03. The summed E-state index contributed by atoms with van der Waals surface area (Å²) in [7, 11) is 0. The van der Waals surface area contributed by atoms with Gasteiger partial charge in [-0.1, -0.05) is 30.7 Å². The Bertz CT molecular complexity index is 384. The molecule has 15 heavy (non-hydrogen) atoms. The van der Waals surface area contributed by atoms with Gasteiger partial charge in [-0.3, -0.25) is 0 Å². The largest absolute Gasteiger partial charge is 0.514 e. The van der Waals surface area contributed by atoms with Gasteiger partial charge in [-0.05, 0) is 17.7 Å². The average Bonchev–Trinajstić information content (AvgIpc) is 2.27. The van der Waals surface area contributed by atoms with Gasteiger partial charge in [0.1, 0.15) is 5.75 Å². The van der Waals surface area contributed by atoms with E-state index in [-0.39, 0.29) is 6.61 Å². The minimum Gasteiger partial charge on any atom is -0.421 e. The summed E-state index contributed by atoms with van der Waals surface area (Å²) in [6.45, 7) is 3.51. The highest BCUT2D eigenvalue weighted by Gasteiger charge is 2.03. The highest BCUT2D eigenvalue weighted by molar-refractivity contribution is 5.64. The third kappa shape index (κ3) is 3.57. The molecule has 0 atom stereocenters. The number of benzene rings is 1. The zero-order valence-electron chi connectivity index (χ0n) is 8.10. The van der Waals surface area contributed by atoms with Gasteiger partial charge in [0.2, 0.25) is 0 Å². The Morgan fingerprint density at radius 2 is 2.13 bits per heavy atom. The molecule has 0 aliphatic heterocycles. The topological polar surface area (TPSA) is 35.5 Å². The van der Waals surface area contributed by atoms with Crippen molar-refractivity contribution in [1.82, 2.24) is 0 Å². The number of terminal acetylenes is 1. The first-order chi connectivity index (χ1) is 7.26. The molecule has 0 bridgehead atoms. The summed E-state index contributed by atoms with van der Waals surface area (Å²) in [6.07, 6.45) is 5.80. The van der Waals surface area contributed by atoms with Crippen LogP contribution in [0.3, 0.4) is 0 Å². The zero-order chi connectivity index (χ0) is 11.1. The lowest BCUT2D eigenvalue weighted by molar-refractivity contribution is 0.111. The number of ether oxygens (including phenoxy) is 2. The van der Waals surface area contributed by atoms with Gasteiger partial charge in [-0.15, -0.1) is 6.42 Å². The van der Waals surface area contributed by atoms with Crippen molar-refractivity contribution in [2.24, 2.45) is 0 Å². The van der Waals surface area contributed by atoms with Gasteiger partial charge >= 0.3 is 6.16 Å². The fourth-order valence-electron chi connectivity index (χ4n) is 0.898. The molecule has 0 fully saturated rings. The van der Waals surface area contributed by atoms with Crippen LogP contribution in [-0.4, -0.2) is 12.8 Å². The van der Waals surface area contributed by atoms with Crippen molar-refractivity contribution in [3.8, 4) is 18.1 Å². The highest BCUT2D eigenvalue weighted by atomic mass is 16.7. The molecular weight excluding hydrogens is 192 g/mol. The van der Waals surface area contributed by atoms with E-state index < -0.39 is 6.16 Å². The number of rotatable bonds is 3. The van der Waals surface area contributed by atoms with Crippen LogP contribution in [-0.2, 0) is 4.74 Å². The molecule has 0 spiro atoms. The standard InChI is InChI=1S/C12H10O3/c1-3-9-14-12(13)15-11-7-5-10(4-2)6-8-11/h1,4-8H,2,9H2. The van der Waals surface area contributed by atoms with E-state index in [9.17, 15) is 4.79 Å². The number of carbonyl (C=O) groups is 1.